The summed E-state index contributed by atoms with van der Waals surface area (Å²) >= 11 is 1.68. The quantitative estimate of drug-likeness (QED) is 0.584. The van der Waals surface area contributed by atoms with Gasteiger partial charge in [0.1, 0.15) is 5.82 Å². The number of pyridine rings is 1. The van der Waals surface area contributed by atoms with Gasteiger partial charge in [-0.2, -0.15) is 0 Å². The van der Waals surface area contributed by atoms with E-state index < -0.39 is 0 Å². The van der Waals surface area contributed by atoms with Crippen LogP contribution < -0.4 is 15.5 Å². The van der Waals surface area contributed by atoms with Crippen molar-refractivity contribution >= 4 is 28.2 Å². The molecule has 156 valence electrons. The molecule has 2 aliphatic rings. The molecular formula is C20H30N8S. The zero-order valence-corrected chi connectivity index (χ0v) is 17.9. The van der Waals surface area contributed by atoms with Crippen molar-refractivity contribution in [1.29, 1.82) is 0 Å². The number of nitrogens with two attached hydrogens (primary N) is 1. The molecule has 4 heterocycles. The molecule has 0 atom stereocenters. The molecule has 0 radical (unpaired) electrons. The summed E-state index contributed by atoms with van der Waals surface area (Å²) in [6.45, 7) is 11.8. The van der Waals surface area contributed by atoms with Gasteiger partial charge in [0.15, 0.2) is 11.1 Å². The van der Waals surface area contributed by atoms with Crippen LogP contribution in [0.2, 0.25) is 0 Å². The van der Waals surface area contributed by atoms with Crippen molar-refractivity contribution in [2.45, 2.75) is 13.5 Å². The molecule has 0 aliphatic carbocycles. The first kappa shape index (κ1) is 19.9. The van der Waals surface area contributed by atoms with E-state index in [0.717, 1.165) is 75.4 Å². The molecule has 0 bridgehead atoms. The predicted octanol–water partition coefficient (Wildman–Crippen LogP) is 1.32. The molecule has 0 spiro atoms. The van der Waals surface area contributed by atoms with Gasteiger partial charge in [-0.3, -0.25) is 0 Å². The van der Waals surface area contributed by atoms with Gasteiger partial charge < -0.3 is 25.3 Å². The highest BCUT2D eigenvalue weighted by atomic mass is 32.1. The van der Waals surface area contributed by atoms with E-state index in [1.54, 1.807) is 11.3 Å². The average molecular weight is 415 g/mol. The number of nitrogens with zero attached hydrogens (tertiary/aromatic N) is 7. The highest BCUT2D eigenvalue weighted by molar-refractivity contribution is 7.13. The number of piperazine rings is 2. The maximum atomic E-state index is 6.24. The summed E-state index contributed by atoms with van der Waals surface area (Å²) in [6.07, 6.45) is 3.78. The predicted molar refractivity (Wildman–Crippen MR) is 120 cm³/mol. The van der Waals surface area contributed by atoms with Crippen LogP contribution in [0.1, 0.15) is 12.5 Å². The zero-order chi connectivity index (χ0) is 20.1. The number of aliphatic imine (C=N–C) groups is 1. The van der Waals surface area contributed by atoms with Gasteiger partial charge in [-0.25, -0.2) is 15.0 Å². The van der Waals surface area contributed by atoms with E-state index in [0.29, 0.717) is 12.5 Å². The van der Waals surface area contributed by atoms with Crippen LogP contribution in [0.25, 0.3) is 0 Å². The summed E-state index contributed by atoms with van der Waals surface area (Å²) in [6, 6.07) is 4.22. The van der Waals surface area contributed by atoms with E-state index in [4.69, 9.17) is 5.73 Å². The van der Waals surface area contributed by atoms with Gasteiger partial charge in [0.2, 0.25) is 0 Å². The molecule has 0 amide bonds. The molecule has 2 saturated heterocycles. The normalized spacial score (nSPS) is 19.1. The third kappa shape index (κ3) is 4.97. The Hall–Kier alpha value is -2.39. The molecule has 0 unspecified atom stereocenters. The minimum atomic E-state index is 0.565. The number of likely N-dealkylation sites (N-methyl/N-ethyl adjacent to an activating group) is 1. The maximum Gasteiger partial charge on any atom is 0.191 e. The molecule has 0 saturated carbocycles. The van der Waals surface area contributed by atoms with Crippen molar-refractivity contribution in [1.82, 2.24) is 19.8 Å². The number of guanidine groups is 1. The van der Waals surface area contributed by atoms with Gasteiger partial charge >= 0.3 is 0 Å². The standard InChI is InChI=1S/C20H30N8S/c1-2-25-6-8-26(9-7-25)18-4-3-17(15-23-18)16-24-19(21)27-10-12-28(13-11-27)20-22-5-14-29-20/h3-5,14-15H,2,6-13,16H2,1H3,(H2,21,24). The second-order valence-corrected chi connectivity index (χ2v) is 8.28. The van der Waals surface area contributed by atoms with Crippen LogP contribution in [0.15, 0.2) is 34.9 Å². The van der Waals surface area contributed by atoms with Crippen LogP contribution in [-0.4, -0.2) is 84.6 Å². The van der Waals surface area contributed by atoms with E-state index in [-0.39, 0.29) is 0 Å². The Morgan fingerprint density at radius 1 is 1.03 bits per heavy atom. The molecule has 8 nitrogen and oxygen atoms in total. The van der Waals surface area contributed by atoms with E-state index in [2.05, 4.69) is 53.6 Å². The monoisotopic (exact) mass is 414 g/mol. The number of aromatic nitrogens is 2. The van der Waals surface area contributed by atoms with E-state index >= 15 is 0 Å². The fourth-order valence-corrected chi connectivity index (χ4v) is 4.46. The van der Waals surface area contributed by atoms with Crippen LogP contribution in [0.5, 0.6) is 0 Å². The van der Waals surface area contributed by atoms with E-state index in [1.807, 2.05) is 17.8 Å². The molecule has 2 N–H and O–H groups in total. The fraction of sp³-hybridized carbons (Fsp3) is 0.550. The fourth-order valence-electron chi connectivity index (χ4n) is 3.76. The summed E-state index contributed by atoms with van der Waals surface area (Å²) in [5, 5.41) is 3.10. The van der Waals surface area contributed by atoms with Crippen LogP contribution >= 0.6 is 11.3 Å². The molecule has 0 aromatic carbocycles. The van der Waals surface area contributed by atoms with E-state index in [1.165, 1.54) is 0 Å². The van der Waals surface area contributed by atoms with Crippen LogP contribution in [0, 0.1) is 0 Å². The Kier molecular flexibility index (Phi) is 6.46. The Balaban J connectivity index is 1.26. The van der Waals surface area contributed by atoms with Gasteiger partial charge in [-0.15, -0.1) is 11.3 Å². The first-order chi connectivity index (χ1) is 14.2. The Bertz CT molecular complexity index is 775. The first-order valence-corrected chi connectivity index (χ1v) is 11.2. The molecule has 4 rings (SSSR count). The van der Waals surface area contributed by atoms with Gasteiger partial charge in [-0.1, -0.05) is 13.0 Å². The lowest BCUT2D eigenvalue weighted by Crippen LogP contribution is -2.51. The lowest BCUT2D eigenvalue weighted by Gasteiger charge is -2.35. The average Bonchev–Trinajstić information content (AvgIpc) is 3.33. The Labute approximate surface area is 176 Å². The topological polar surface area (TPSA) is 77.1 Å². The first-order valence-electron chi connectivity index (χ1n) is 10.3. The summed E-state index contributed by atoms with van der Waals surface area (Å²) in [5.74, 6) is 1.67. The van der Waals surface area contributed by atoms with Crippen molar-refractivity contribution < 1.29 is 0 Å². The zero-order valence-electron chi connectivity index (χ0n) is 17.1. The van der Waals surface area contributed by atoms with Gasteiger partial charge in [0.05, 0.1) is 6.54 Å². The molecular weight excluding hydrogens is 384 g/mol. The smallest absolute Gasteiger partial charge is 0.191 e. The molecule has 2 fully saturated rings. The summed E-state index contributed by atoms with van der Waals surface area (Å²) in [7, 11) is 0. The third-order valence-corrected chi connectivity index (χ3v) is 6.50. The second kappa shape index (κ2) is 9.41. The maximum absolute atomic E-state index is 6.24. The third-order valence-electron chi connectivity index (χ3n) is 5.67. The number of rotatable bonds is 5. The highest BCUT2D eigenvalue weighted by Crippen LogP contribution is 2.19. The van der Waals surface area contributed by atoms with Crippen molar-refractivity contribution in [2.24, 2.45) is 10.7 Å². The van der Waals surface area contributed by atoms with Crippen molar-refractivity contribution in [3.63, 3.8) is 0 Å². The molecule has 29 heavy (non-hydrogen) atoms. The Morgan fingerprint density at radius 3 is 2.41 bits per heavy atom. The number of hydrogen-bond donors (Lipinski definition) is 1. The largest absolute Gasteiger partial charge is 0.370 e. The number of hydrogen-bond acceptors (Lipinski definition) is 7. The van der Waals surface area contributed by atoms with E-state index in [9.17, 15) is 0 Å². The summed E-state index contributed by atoms with van der Waals surface area (Å²) in [4.78, 5) is 22.9. The lowest BCUT2D eigenvalue weighted by atomic mass is 10.2. The van der Waals surface area contributed by atoms with Gasteiger partial charge in [0, 0.05) is 70.1 Å². The van der Waals surface area contributed by atoms with Crippen LogP contribution in [-0.2, 0) is 6.54 Å². The van der Waals surface area contributed by atoms with Crippen molar-refractivity contribution in [2.75, 3.05) is 68.7 Å². The number of thiazole rings is 1. The van der Waals surface area contributed by atoms with Crippen LogP contribution in [0.4, 0.5) is 10.9 Å². The molecule has 9 heteroatoms. The molecule has 2 aromatic heterocycles. The SMILES string of the molecule is CCN1CCN(c2ccc(CN=C(N)N3CCN(c4nccs4)CC3)cn2)CC1. The minimum absolute atomic E-state index is 0.565. The van der Waals surface area contributed by atoms with Gasteiger partial charge in [0.25, 0.3) is 0 Å². The van der Waals surface area contributed by atoms with Crippen molar-refractivity contribution in [3.05, 3.63) is 35.5 Å². The number of anilines is 2. The van der Waals surface area contributed by atoms with Crippen molar-refractivity contribution in [3.8, 4) is 0 Å². The summed E-state index contributed by atoms with van der Waals surface area (Å²) < 4.78 is 0. The highest BCUT2D eigenvalue weighted by Gasteiger charge is 2.20. The molecule has 2 aliphatic heterocycles. The molecule has 2 aromatic rings. The minimum Gasteiger partial charge on any atom is -0.370 e. The van der Waals surface area contributed by atoms with Crippen LogP contribution in [0.3, 0.4) is 0 Å². The van der Waals surface area contributed by atoms with Gasteiger partial charge in [-0.05, 0) is 18.2 Å². The summed E-state index contributed by atoms with van der Waals surface area (Å²) in [5.41, 5.74) is 7.33. The Morgan fingerprint density at radius 2 is 1.79 bits per heavy atom. The second-order valence-electron chi connectivity index (χ2n) is 7.41. The lowest BCUT2D eigenvalue weighted by molar-refractivity contribution is 0.270.